The number of aromatic amines is 1. The number of halogens is 1. The van der Waals surface area contributed by atoms with Crippen LogP contribution >= 0.6 is 11.6 Å². The Morgan fingerprint density at radius 1 is 1.05 bits per heavy atom. The molecular weight excluding hydrogens is 268 g/mol. The van der Waals surface area contributed by atoms with Crippen molar-refractivity contribution < 1.29 is 4.92 Å². The van der Waals surface area contributed by atoms with E-state index in [0.29, 0.717) is 21.4 Å². The SMILES string of the molecule is O=c1c2cc(Cl)ccc2[nH]c2ccc([N+](=O)[O-])cc12. The van der Waals surface area contributed by atoms with Crippen LogP contribution in [0, 0.1) is 10.1 Å². The lowest BCUT2D eigenvalue weighted by Crippen LogP contribution is -2.04. The van der Waals surface area contributed by atoms with Gasteiger partial charge in [-0.15, -0.1) is 0 Å². The summed E-state index contributed by atoms with van der Waals surface area (Å²) >= 11 is 5.86. The number of hydrogen-bond acceptors (Lipinski definition) is 3. The van der Waals surface area contributed by atoms with Crippen LogP contribution in [-0.4, -0.2) is 9.91 Å². The summed E-state index contributed by atoms with van der Waals surface area (Å²) in [6.07, 6.45) is 0. The Morgan fingerprint density at radius 3 is 2.37 bits per heavy atom. The van der Waals surface area contributed by atoms with Crippen LogP contribution in [0.1, 0.15) is 0 Å². The summed E-state index contributed by atoms with van der Waals surface area (Å²) in [5.74, 6) is 0. The molecule has 0 aliphatic heterocycles. The van der Waals surface area contributed by atoms with E-state index in [2.05, 4.69) is 4.98 Å². The second kappa shape index (κ2) is 4.07. The smallest absolute Gasteiger partial charge is 0.270 e. The van der Waals surface area contributed by atoms with Crippen LogP contribution in [0.15, 0.2) is 41.2 Å². The van der Waals surface area contributed by atoms with Crippen molar-refractivity contribution >= 4 is 39.1 Å². The molecule has 19 heavy (non-hydrogen) atoms. The third-order valence-electron chi connectivity index (χ3n) is 2.95. The van der Waals surface area contributed by atoms with Gasteiger partial charge in [-0.3, -0.25) is 14.9 Å². The highest BCUT2D eigenvalue weighted by Gasteiger charge is 2.11. The van der Waals surface area contributed by atoms with Crippen molar-refractivity contribution in [2.24, 2.45) is 0 Å². The van der Waals surface area contributed by atoms with Crippen molar-refractivity contribution in [2.45, 2.75) is 0 Å². The lowest BCUT2D eigenvalue weighted by atomic mass is 10.1. The maximum atomic E-state index is 12.3. The minimum absolute atomic E-state index is 0.112. The first-order valence-corrected chi connectivity index (χ1v) is 5.84. The molecule has 2 aromatic carbocycles. The third-order valence-corrected chi connectivity index (χ3v) is 3.19. The fourth-order valence-electron chi connectivity index (χ4n) is 2.05. The largest absolute Gasteiger partial charge is 0.354 e. The van der Waals surface area contributed by atoms with Gasteiger partial charge in [0.2, 0.25) is 0 Å². The molecule has 0 aliphatic carbocycles. The normalized spacial score (nSPS) is 11.0. The molecule has 0 amide bonds. The lowest BCUT2D eigenvalue weighted by molar-refractivity contribution is -0.384. The predicted octanol–water partition coefficient (Wildman–Crippen LogP) is 3.24. The van der Waals surface area contributed by atoms with Crippen LogP contribution in [0.3, 0.4) is 0 Å². The van der Waals surface area contributed by atoms with Gasteiger partial charge in [-0.25, -0.2) is 0 Å². The molecule has 0 bridgehead atoms. The van der Waals surface area contributed by atoms with E-state index in [1.165, 1.54) is 18.2 Å². The van der Waals surface area contributed by atoms with Crippen LogP contribution in [0.4, 0.5) is 5.69 Å². The van der Waals surface area contributed by atoms with E-state index >= 15 is 0 Å². The van der Waals surface area contributed by atoms with Crippen molar-refractivity contribution in [2.75, 3.05) is 0 Å². The fraction of sp³-hybridized carbons (Fsp3) is 0. The maximum Gasteiger partial charge on any atom is 0.270 e. The molecule has 0 aliphatic rings. The summed E-state index contributed by atoms with van der Waals surface area (Å²) in [5.41, 5.74) is 0.829. The molecular formula is C13H7ClN2O3. The van der Waals surface area contributed by atoms with E-state index in [0.717, 1.165) is 0 Å². The summed E-state index contributed by atoms with van der Waals surface area (Å²) in [6, 6.07) is 9.10. The molecule has 1 heterocycles. The predicted molar refractivity (Wildman–Crippen MR) is 73.7 cm³/mol. The zero-order valence-corrected chi connectivity index (χ0v) is 10.3. The summed E-state index contributed by atoms with van der Waals surface area (Å²) < 4.78 is 0. The molecule has 0 atom stereocenters. The van der Waals surface area contributed by atoms with Gasteiger partial charge in [-0.1, -0.05) is 11.6 Å². The molecule has 3 rings (SSSR count). The molecule has 0 saturated heterocycles. The maximum absolute atomic E-state index is 12.3. The highest BCUT2D eigenvalue weighted by atomic mass is 35.5. The molecule has 0 radical (unpaired) electrons. The number of pyridine rings is 1. The molecule has 0 fully saturated rings. The Morgan fingerprint density at radius 2 is 1.68 bits per heavy atom. The van der Waals surface area contributed by atoms with Gasteiger partial charge in [0.05, 0.1) is 15.8 Å². The molecule has 1 N–H and O–H groups in total. The van der Waals surface area contributed by atoms with E-state index < -0.39 is 4.92 Å². The van der Waals surface area contributed by atoms with Crippen LogP contribution in [-0.2, 0) is 0 Å². The first-order chi connectivity index (χ1) is 9.06. The summed E-state index contributed by atoms with van der Waals surface area (Å²) in [6.45, 7) is 0. The Balaban J connectivity index is 2.48. The zero-order chi connectivity index (χ0) is 13.6. The van der Waals surface area contributed by atoms with E-state index in [-0.39, 0.29) is 16.5 Å². The quantitative estimate of drug-likeness (QED) is 0.420. The van der Waals surface area contributed by atoms with E-state index in [4.69, 9.17) is 11.6 Å². The minimum Gasteiger partial charge on any atom is -0.354 e. The Bertz CT molecular complexity index is 886. The van der Waals surface area contributed by atoms with Crippen LogP contribution in [0.5, 0.6) is 0 Å². The topological polar surface area (TPSA) is 76.0 Å². The van der Waals surface area contributed by atoms with Crippen LogP contribution in [0.25, 0.3) is 21.8 Å². The van der Waals surface area contributed by atoms with Crippen molar-refractivity contribution in [1.82, 2.24) is 4.98 Å². The minimum atomic E-state index is -0.527. The number of benzene rings is 2. The van der Waals surface area contributed by atoms with E-state index in [1.807, 2.05) is 0 Å². The number of nitrogens with zero attached hydrogens (tertiary/aromatic N) is 1. The Labute approximate surface area is 111 Å². The first-order valence-electron chi connectivity index (χ1n) is 5.46. The van der Waals surface area contributed by atoms with Crippen LogP contribution in [0.2, 0.25) is 5.02 Å². The number of nitro benzene ring substituents is 1. The second-order valence-corrected chi connectivity index (χ2v) is 4.57. The summed E-state index contributed by atoms with van der Waals surface area (Å²) in [5, 5.41) is 11.9. The number of nitro groups is 1. The Hall–Kier alpha value is -2.40. The zero-order valence-electron chi connectivity index (χ0n) is 9.51. The van der Waals surface area contributed by atoms with Crippen molar-refractivity contribution in [3.8, 4) is 0 Å². The van der Waals surface area contributed by atoms with E-state index in [1.54, 1.807) is 18.2 Å². The number of hydrogen-bond donors (Lipinski definition) is 1. The Kier molecular flexibility index (Phi) is 2.50. The summed E-state index contributed by atoms with van der Waals surface area (Å²) in [4.78, 5) is 25.6. The van der Waals surface area contributed by atoms with Gasteiger partial charge in [0.25, 0.3) is 5.69 Å². The van der Waals surface area contributed by atoms with Crippen molar-refractivity contribution in [3.05, 3.63) is 61.8 Å². The third kappa shape index (κ3) is 1.84. The summed E-state index contributed by atoms with van der Waals surface area (Å²) in [7, 11) is 0. The average molecular weight is 275 g/mol. The second-order valence-electron chi connectivity index (χ2n) is 4.13. The number of non-ortho nitro benzene ring substituents is 1. The molecule has 6 heteroatoms. The molecule has 0 saturated carbocycles. The number of nitrogens with one attached hydrogen (secondary N) is 1. The number of aromatic nitrogens is 1. The molecule has 0 spiro atoms. The van der Waals surface area contributed by atoms with Gasteiger partial charge in [-0.05, 0) is 24.3 Å². The van der Waals surface area contributed by atoms with Crippen molar-refractivity contribution in [3.63, 3.8) is 0 Å². The number of H-pyrrole nitrogens is 1. The first kappa shape index (κ1) is 11.7. The van der Waals surface area contributed by atoms with Gasteiger partial charge in [0.15, 0.2) is 5.43 Å². The van der Waals surface area contributed by atoms with Crippen LogP contribution < -0.4 is 5.43 Å². The monoisotopic (exact) mass is 274 g/mol. The van der Waals surface area contributed by atoms with Crippen molar-refractivity contribution in [1.29, 1.82) is 0 Å². The molecule has 3 aromatic rings. The number of rotatable bonds is 1. The highest BCUT2D eigenvalue weighted by Crippen LogP contribution is 2.21. The highest BCUT2D eigenvalue weighted by molar-refractivity contribution is 6.31. The lowest BCUT2D eigenvalue weighted by Gasteiger charge is -2.03. The molecule has 1 aromatic heterocycles. The fourth-order valence-corrected chi connectivity index (χ4v) is 2.22. The molecule has 0 unspecified atom stereocenters. The van der Waals surface area contributed by atoms with E-state index in [9.17, 15) is 14.9 Å². The standard InChI is InChI=1S/C13H7ClN2O3/c14-7-1-3-11-9(5-7)13(17)10-6-8(16(18)19)2-4-12(10)15-11/h1-6H,(H,15,17). The molecule has 5 nitrogen and oxygen atoms in total. The number of fused-ring (bicyclic) bond motifs is 2. The van der Waals surface area contributed by atoms with Gasteiger partial charge in [-0.2, -0.15) is 0 Å². The molecule has 94 valence electrons. The van der Waals surface area contributed by atoms with Gasteiger partial charge in [0.1, 0.15) is 0 Å². The van der Waals surface area contributed by atoms with Gasteiger partial charge >= 0.3 is 0 Å². The van der Waals surface area contributed by atoms with Gasteiger partial charge in [0, 0.05) is 28.1 Å². The van der Waals surface area contributed by atoms with Gasteiger partial charge < -0.3 is 4.98 Å². The average Bonchev–Trinajstić information content (AvgIpc) is 2.39.